The highest BCUT2D eigenvalue weighted by molar-refractivity contribution is 6.30. The Morgan fingerprint density at radius 3 is 2.59 bits per heavy atom. The van der Waals surface area contributed by atoms with Crippen LogP contribution in [-0.2, 0) is 25.5 Å². The van der Waals surface area contributed by atoms with E-state index in [4.69, 9.17) is 16.3 Å². The fraction of sp³-hybridized carbons (Fsp3) is 0.550. The lowest BCUT2D eigenvalue weighted by atomic mass is 10.1. The van der Waals surface area contributed by atoms with E-state index in [0.717, 1.165) is 31.2 Å². The van der Waals surface area contributed by atoms with Crippen molar-refractivity contribution in [3.05, 3.63) is 34.9 Å². The van der Waals surface area contributed by atoms with Crippen molar-refractivity contribution in [1.82, 2.24) is 10.2 Å². The van der Waals surface area contributed by atoms with Gasteiger partial charge in [-0.15, -0.1) is 0 Å². The van der Waals surface area contributed by atoms with Crippen LogP contribution in [0, 0.1) is 5.92 Å². The number of amides is 2. The largest absolute Gasteiger partial charge is 0.455 e. The summed E-state index contributed by atoms with van der Waals surface area (Å²) in [5, 5.41) is 3.40. The third-order valence-electron chi connectivity index (χ3n) is 5.25. The highest BCUT2D eigenvalue weighted by Crippen LogP contribution is 2.29. The summed E-state index contributed by atoms with van der Waals surface area (Å²) < 4.78 is 5.12. The lowest BCUT2D eigenvalue weighted by molar-refractivity contribution is -0.152. The fourth-order valence-electron chi connectivity index (χ4n) is 3.76. The zero-order valence-corrected chi connectivity index (χ0v) is 16.0. The predicted octanol–water partition coefficient (Wildman–Crippen LogP) is 2.33. The molecule has 6 nitrogen and oxygen atoms in total. The van der Waals surface area contributed by atoms with Crippen molar-refractivity contribution in [2.45, 2.75) is 44.6 Å². The van der Waals surface area contributed by atoms with Gasteiger partial charge in [0.05, 0.1) is 5.92 Å². The Morgan fingerprint density at radius 1 is 1.19 bits per heavy atom. The molecule has 0 unspecified atom stereocenters. The van der Waals surface area contributed by atoms with E-state index in [-0.39, 0.29) is 30.9 Å². The Balaban J connectivity index is 1.35. The molecule has 3 rings (SSSR count). The Hall–Kier alpha value is -2.08. The van der Waals surface area contributed by atoms with Crippen LogP contribution in [0.1, 0.15) is 37.7 Å². The van der Waals surface area contributed by atoms with Crippen LogP contribution in [0.25, 0.3) is 0 Å². The second-order valence-corrected chi connectivity index (χ2v) is 7.66. The van der Waals surface area contributed by atoms with Crippen molar-refractivity contribution in [3.8, 4) is 0 Å². The van der Waals surface area contributed by atoms with E-state index >= 15 is 0 Å². The lowest BCUT2D eigenvalue weighted by Crippen LogP contribution is -2.35. The number of carbonyl (C=O) groups is 3. The van der Waals surface area contributed by atoms with E-state index in [0.29, 0.717) is 24.5 Å². The average molecular weight is 393 g/mol. The molecular formula is C20H25ClN2O4. The fourth-order valence-corrected chi connectivity index (χ4v) is 3.89. The van der Waals surface area contributed by atoms with Gasteiger partial charge in [-0.2, -0.15) is 0 Å². The molecule has 1 aromatic carbocycles. The van der Waals surface area contributed by atoms with Crippen LogP contribution in [-0.4, -0.2) is 48.4 Å². The third-order valence-corrected chi connectivity index (χ3v) is 5.50. The van der Waals surface area contributed by atoms with Gasteiger partial charge in [-0.1, -0.05) is 36.6 Å². The minimum atomic E-state index is -0.461. The van der Waals surface area contributed by atoms with Crippen molar-refractivity contribution >= 4 is 29.4 Å². The van der Waals surface area contributed by atoms with Gasteiger partial charge in [0.1, 0.15) is 0 Å². The van der Waals surface area contributed by atoms with Gasteiger partial charge in [-0.3, -0.25) is 14.4 Å². The second-order valence-electron chi connectivity index (χ2n) is 7.22. The number of carbonyl (C=O) groups excluding carboxylic acids is 3. The number of esters is 1. The Labute approximate surface area is 164 Å². The number of likely N-dealkylation sites (tertiary alicyclic amines) is 1. The van der Waals surface area contributed by atoms with Gasteiger partial charge in [0.15, 0.2) is 6.61 Å². The molecule has 1 saturated heterocycles. The minimum absolute atomic E-state index is 0.0243. The second kappa shape index (κ2) is 9.22. The summed E-state index contributed by atoms with van der Waals surface area (Å²) in [7, 11) is 0. The Kier molecular flexibility index (Phi) is 6.72. The minimum Gasteiger partial charge on any atom is -0.455 e. The molecule has 1 saturated carbocycles. The summed E-state index contributed by atoms with van der Waals surface area (Å²) in [6.45, 7) is 0.559. The van der Waals surface area contributed by atoms with Crippen LogP contribution >= 0.6 is 11.6 Å². The lowest BCUT2D eigenvalue weighted by Gasteiger charge is -2.23. The summed E-state index contributed by atoms with van der Waals surface area (Å²) in [6, 6.07) is 7.69. The Bertz CT molecular complexity index is 686. The molecule has 0 spiro atoms. The molecule has 1 aliphatic heterocycles. The first-order valence-electron chi connectivity index (χ1n) is 9.50. The SMILES string of the molecule is O=C(COC(=O)[C@@H]1CC(=O)N(C2CCCC2)C1)NCCc1ccc(Cl)cc1. The van der Waals surface area contributed by atoms with Gasteiger partial charge >= 0.3 is 5.97 Å². The van der Waals surface area contributed by atoms with Crippen molar-refractivity contribution in [2.24, 2.45) is 5.92 Å². The summed E-state index contributed by atoms with van der Waals surface area (Å²) in [5.74, 6) is -1.23. The molecule has 1 N–H and O–H groups in total. The van der Waals surface area contributed by atoms with E-state index in [1.165, 1.54) is 0 Å². The number of halogens is 1. The first-order valence-corrected chi connectivity index (χ1v) is 9.88. The van der Waals surface area contributed by atoms with E-state index in [2.05, 4.69) is 5.32 Å². The molecule has 146 valence electrons. The molecule has 2 aliphatic rings. The van der Waals surface area contributed by atoms with Gasteiger partial charge in [0, 0.05) is 30.6 Å². The summed E-state index contributed by atoms with van der Waals surface area (Å²) >= 11 is 5.83. The van der Waals surface area contributed by atoms with Crippen molar-refractivity contribution in [2.75, 3.05) is 19.7 Å². The van der Waals surface area contributed by atoms with Crippen molar-refractivity contribution < 1.29 is 19.1 Å². The van der Waals surface area contributed by atoms with Crippen LogP contribution in [0.5, 0.6) is 0 Å². The summed E-state index contributed by atoms with van der Waals surface area (Å²) in [6.07, 6.45) is 5.17. The number of ether oxygens (including phenoxy) is 1. The molecule has 2 fully saturated rings. The van der Waals surface area contributed by atoms with E-state index < -0.39 is 11.9 Å². The molecule has 0 bridgehead atoms. The molecule has 1 aliphatic carbocycles. The van der Waals surface area contributed by atoms with E-state index in [1.54, 1.807) is 12.1 Å². The number of benzene rings is 1. The van der Waals surface area contributed by atoms with Crippen LogP contribution < -0.4 is 5.32 Å². The van der Waals surface area contributed by atoms with Gasteiger partial charge in [-0.05, 0) is 37.0 Å². The molecule has 1 atom stereocenters. The van der Waals surface area contributed by atoms with Gasteiger partial charge in [0.2, 0.25) is 5.91 Å². The Morgan fingerprint density at radius 2 is 1.89 bits per heavy atom. The highest BCUT2D eigenvalue weighted by Gasteiger charge is 2.39. The van der Waals surface area contributed by atoms with Crippen LogP contribution in [0.15, 0.2) is 24.3 Å². The number of hydrogen-bond donors (Lipinski definition) is 1. The molecule has 27 heavy (non-hydrogen) atoms. The molecule has 1 heterocycles. The van der Waals surface area contributed by atoms with Gasteiger partial charge < -0.3 is 15.0 Å². The number of rotatable bonds is 7. The van der Waals surface area contributed by atoms with Crippen molar-refractivity contribution in [3.63, 3.8) is 0 Å². The standard InChI is InChI=1S/C20H25ClN2O4/c21-16-7-5-14(6-8-16)9-10-22-18(24)13-27-20(26)15-11-19(25)23(12-15)17-3-1-2-4-17/h5-8,15,17H,1-4,9-13H2,(H,22,24)/t15-/m1/s1. The molecular weight excluding hydrogens is 368 g/mol. The smallest absolute Gasteiger partial charge is 0.311 e. The highest BCUT2D eigenvalue weighted by atomic mass is 35.5. The quantitative estimate of drug-likeness (QED) is 0.722. The molecule has 2 amide bonds. The van der Waals surface area contributed by atoms with Gasteiger partial charge in [0.25, 0.3) is 5.91 Å². The van der Waals surface area contributed by atoms with Gasteiger partial charge in [-0.25, -0.2) is 0 Å². The topological polar surface area (TPSA) is 75.7 Å². The van der Waals surface area contributed by atoms with Crippen LogP contribution in [0.4, 0.5) is 0 Å². The first-order chi connectivity index (χ1) is 13.0. The van der Waals surface area contributed by atoms with E-state index in [1.807, 2.05) is 17.0 Å². The monoisotopic (exact) mass is 392 g/mol. The van der Waals surface area contributed by atoms with Crippen molar-refractivity contribution in [1.29, 1.82) is 0 Å². The summed E-state index contributed by atoms with van der Waals surface area (Å²) in [5.41, 5.74) is 1.06. The van der Waals surface area contributed by atoms with Crippen LogP contribution in [0.3, 0.4) is 0 Å². The average Bonchev–Trinajstić information content (AvgIpc) is 3.31. The molecule has 0 aromatic heterocycles. The third kappa shape index (κ3) is 5.45. The molecule has 1 aromatic rings. The maximum absolute atomic E-state index is 12.2. The van der Waals surface area contributed by atoms with E-state index in [9.17, 15) is 14.4 Å². The first kappa shape index (κ1) is 19.7. The van der Waals surface area contributed by atoms with Crippen LogP contribution in [0.2, 0.25) is 5.02 Å². The number of nitrogens with one attached hydrogen (secondary N) is 1. The predicted molar refractivity (Wildman–Crippen MR) is 101 cm³/mol. The zero-order valence-electron chi connectivity index (χ0n) is 15.3. The maximum atomic E-state index is 12.2. The number of hydrogen-bond acceptors (Lipinski definition) is 4. The normalized spacial score (nSPS) is 20.1. The summed E-state index contributed by atoms with van der Waals surface area (Å²) in [4.78, 5) is 38.0. The molecule has 0 radical (unpaired) electrons. The maximum Gasteiger partial charge on any atom is 0.311 e. The zero-order chi connectivity index (χ0) is 19.2. The molecule has 7 heteroatoms. The number of nitrogens with zero attached hydrogens (tertiary/aromatic N) is 1.